The zero-order valence-electron chi connectivity index (χ0n) is 12.3. The van der Waals surface area contributed by atoms with Gasteiger partial charge in [0.15, 0.2) is 0 Å². The summed E-state index contributed by atoms with van der Waals surface area (Å²) in [5.74, 6) is -0.372. The van der Waals surface area contributed by atoms with Crippen LogP contribution >= 0.6 is 0 Å². The van der Waals surface area contributed by atoms with Gasteiger partial charge in [0.05, 0.1) is 18.0 Å². The van der Waals surface area contributed by atoms with Gasteiger partial charge in [-0.05, 0) is 52.0 Å². The Kier molecular flexibility index (Phi) is 5.46. The van der Waals surface area contributed by atoms with Crippen molar-refractivity contribution in [1.29, 1.82) is 0 Å². The summed E-state index contributed by atoms with van der Waals surface area (Å²) in [6.07, 6.45) is 3.59. The van der Waals surface area contributed by atoms with E-state index in [0.29, 0.717) is 18.2 Å². The molecule has 1 aromatic heterocycles. The monoisotopic (exact) mass is 281 g/mol. The van der Waals surface area contributed by atoms with Crippen LogP contribution in [-0.4, -0.2) is 59.7 Å². The van der Waals surface area contributed by atoms with Crippen molar-refractivity contribution in [1.82, 2.24) is 14.8 Å². The van der Waals surface area contributed by atoms with Gasteiger partial charge in [0.2, 0.25) is 0 Å². The summed E-state index contributed by atoms with van der Waals surface area (Å²) in [6, 6.07) is 3.45. The Morgan fingerprint density at radius 3 is 3.00 bits per heavy atom. The van der Waals surface area contributed by atoms with E-state index in [-0.39, 0.29) is 5.82 Å². The van der Waals surface area contributed by atoms with Crippen LogP contribution < -0.4 is 0 Å². The van der Waals surface area contributed by atoms with Gasteiger partial charge in [0.1, 0.15) is 5.82 Å². The van der Waals surface area contributed by atoms with Gasteiger partial charge >= 0.3 is 0 Å². The van der Waals surface area contributed by atoms with E-state index in [4.69, 9.17) is 0 Å². The van der Waals surface area contributed by atoms with Crippen LogP contribution in [0.4, 0.5) is 4.39 Å². The molecule has 4 nitrogen and oxygen atoms in total. The topological polar surface area (TPSA) is 39.6 Å². The summed E-state index contributed by atoms with van der Waals surface area (Å²) in [5.41, 5.74) is 0.542. The predicted molar refractivity (Wildman–Crippen MR) is 76.9 cm³/mol. The first-order chi connectivity index (χ1) is 9.56. The van der Waals surface area contributed by atoms with Crippen LogP contribution in [0.25, 0.3) is 0 Å². The second-order valence-electron chi connectivity index (χ2n) is 5.74. The summed E-state index contributed by atoms with van der Waals surface area (Å²) in [7, 11) is 4.26. The fraction of sp³-hybridized carbons (Fsp3) is 0.667. The number of rotatable bonds is 5. The summed E-state index contributed by atoms with van der Waals surface area (Å²) < 4.78 is 12.8. The Morgan fingerprint density at radius 2 is 2.35 bits per heavy atom. The predicted octanol–water partition coefficient (Wildman–Crippen LogP) is 1.67. The fourth-order valence-electron chi connectivity index (χ4n) is 2.74. The summed E-state index contributed by atoms with van der Waals surface area (Å²) in [6.45, 7) is 3.08. The number of pyridine rings is 1. The second kappa shape index (κ2) is 7.11. The third-order valence-corrected chi connectivity index (χ3v) is 4.07. The Balaban J connectivity index is 1.80. The lowest BCUT2D eigenvalue weighted by molar-refractivity contribution is 0.103. The van der Waals surface area contributed by atoms with Crippen molar-refractivity contribution in [3.8, 4) is 0 Å². The van der Waals surface area contributed by atoms with E-state index in [2.05, 4.69) is 28.9 Å². The molecule has 0 amide bonds. The van der Waals surface area contributed by atoms with E-state index >= 15 is 0 Å². The minimum atomic E-state index is -0.626. The zero-order chi connectivity index (χ0) is 14.5. The molecule has 0 bridgehead atoms. The van der Waals surface area contributed by atoms with Crippen molar-refractivity contribution in [3.05, 3.63) is 29.8 Å². The average Bonchev–Trinajstić information content (AvgIpc) is 2.45. The largest absolute Gasteiger partial charge is 0.387 e. The van der Waals surface area contributed by atoms with E-state index in [1.54, 1.807) is 6.07 Å². The van der Waals surface area contributed by atoms with Crippen molar-refractivity contribution in [2.24, 2.45) is 0 Å². The molecule has 0 aromatic carbocycles. The lowest BCUT2D eigenvalue weighted by Gasteiger charge is -2.36. The molecule has 1 N–H and O–H groups in total. The summed E-state index contributed by atoms with van der Waals surface area (Å²) in [4.78, 5) is 8.59. The molecule has 2 unspecified atom stereocenters. The molecule has 0 aliphatic carbocycles. The van der Waals surface area contributed by atoms with Gasteiger partial charge in [-0.1, -0.05) is 0 Å². The van der Waals surface area contributed by atoms with Gasteiger partial charge in [-0.2, -0.15) is 0 Å². The normalized spacial score (nSPS) is 22.1. The minimum Gasteiger partial charge on any atom is -0.387 e. The standard InChI is InChI=1S/C15H24FN3O/c1-18-8-3-4-13(11-18)19(2)9-7-15(20)14-6-5-12(16)10-17-14/h5-6,10,13,15,20H,3-4,7-9,11H2,1-2H3. The molecular weight excluding hydrogens is 257 g/mol. The summed E-state index contributed by atoms with van der Waals surface area (Å²) in [5, 5.41) is 10.1. The number of aliphatic hydroxyl groups is 1. The molecule has 2 rings (SSSR count). The lowest BCUT2D eigenvalue weighted by atomic mass is 10.0. The molecule has 0 saturated carbocycles. The number of nitrogens with zero attached hydrogens (tertiary/aromatic N) is 3. The third kappa shape index (κ3) is 4.23. The highest BCUT2D eigenvalue weighted by Crippen LogP contribution is 2.18. The van der Waals surface area contributed by atoms with E-state index in [1.165, 1.54) is 25.5 Å². The first kappa shape index (κ1) is 15.4. The van der Waals surface area contributed by atoms with Crippen LogP contribution in [0.2, 0.25) is 0 Å². The number of aliphatic hydroxyl groups excluding tert-OH is 1. The van der Waals surface area contributed by atoms with Crippen molar-refractivity contribution in [3.63, 3.8) is 0 Å². The molecular formula is C15H24FN3O. The fourth-order valence-corrected chi connectivity index (χ4v) is 2.74. The quantitative estimate of drug-likeness (QED) is 0.891. The van der Waals surface area contributed by atoms with Crippen LogP contribution in [0, 0.1) is 5.82 Å². The van der Waals surface area contributed by atoms with Crippen molar-refractivity contribution in [2.45, 2.75) is 31.4 Å². The molecule has 112 valence electrons. The number of hydrogen-bond acceptors (Lipinski definition) is 4. The number of hydrogen-bond donors (Lipinski definition) is 1. The summed E-state index contributed by atoms with van der Waals surface area (Å²) >= 11 is 0. The van der Waals surface area contributed by atoms with Gasteiger partial charge in [-0.3, -0.25) is 4.98 Å². The molecule has 5 heteroatoms. The Morgan fingerprint density at radius 1 is 1.55 bits per heavy atom. The highest BCUT2D eigenvalue weighted by Gasteiger charge is 2.21. The second-order valence-corrected chi connectivity index (χ2v) is 5.74. The number of aromatic nitrogens is 1. The first-order valence-corrected chi connectivity index (χ1v) is 7.24. The molecule has 1 fully saturated rings. The van der Waals surface area contributed by atoms with Gasteiger partial charge in [-0.25, -0.2) is 4.39 Å². The van der Waals surface area contributed by atoms with Crippen molar-refractivity contribution >= 4 is 0 Å². The maximum atomic E-state index is 12.8. The van der Waals surface area contributed by atoms with Crippen molar-refractivity contribution in [2.75, 3.05) is 33.7 Å². The number of halogens is 1. The minimum absolute atomic E-state index is 0.372. The first-order valence-electron chi connectivity index (χ1n) is 7.24. The Bertz CT molecular complexity index is 412. The van der Waals surface area contributed by atoms with Gasteiger partial charge < -0.3 is 14.9 Å². The SMILES string of the molecule is CN1CCCC(N(C)CCC(O)c2ccc(F)cn2)C1. The number of likely N-dealkylation sites (N-methyl/N-ethyl adjacent to an activating group) is 2. The molecule has 1 aromatic rings. The smallest absolute Gasteiger partial charge is 0.141 e. The molecule has 0 spiro atoms. The van der Waals surface area contributed by atoms with E-state index in [1.807, 2.05) is 0 Å². The van der Waals surface area contributed by atoms with E-state index < -0.39 is 6.10 Å². The van der Waals surface area contributed by atoms with Crippen molar-refractivity contribution < 1.29 is 9.50 Å². The van der Waals surface area contributed by atoms with Gasteiger partial charge in [-0.15, -0.1) is 0 Å². The zero-order valence-corrected chi connectivity index (χ0v) is 12.3. The molecule has 1 aliphatic heterocycles. The average molecular weight is 281 g/mol. The van der Waals surface area contributed by atoms with Crippen LogP contribution in [0.5, 0.6) is 0 Å². The number of piperidine rings is 1. The van der Waals surface area contributed by atoms with Gasteiger partial charge in [0.25, 0.3) is 0 Å². The van der Waals surface area contributed by atoms with Crippen LogP contribution in [0.1, 0.15) is 31.1 Å². The Hall–Kier alpha value is -1.04. The third-order valence-electron chi connectivity index (χ3n) is 4.07. The number of likely N-dealkylation sites (tertiary alicyclic amines) is 1. The van der Waals surface area contributed by atoms with E-state index in [9.17, 15) is 9.50 Å². The van der Waals surface area contributed by atoms with E-state index in [0.717, 1.165) is 19.3 Å². The van der Waals surface area contributed by atoms with Crippen LogP contribution in [0.15, 0.2) is 18.3 Å². The Labute approximate surface area is 120 Å². The maximum Gasteiger partial charge on any atom is 0.141 e. The highest BCUT2D eigenvalue weighted by molar-refractivity contribution is 5.07. The molecule has 0 radical (unpaired) electrons. The van der Waals surface area contributed by atoms with Gasteiger partial charge in [0, 0.05) is 19.1 Å². The molecule has 2 heterocycles. The molecule has 20 heavy (non-hydrogen) atoms. The maximum absolute atomic E-state index is 12.8. The molecule has 1 aliphatic rings. The highest BCUT2D eigenvalue weighted by atomic mass is 19.1. The lowest BCUT2D eigenvalue weighted by Crippen LogP contribution is -2.45. The van der Waals surface area contributed by atoms with Crippen LogP contribution in [-0.2, 0) is 0 Å². The molecule has 1 saturated heterocycles. The van der Waals surface area contributed by atoms with Crippen LogP contribution in [0.3, 0.4) is 0 Å². The molecule has 2 atom stereocenters.